The molecule has 2 saturated heterocycles. The van der Waals surface area contributed by atoms with Crippen LogP contribution in [-0.2, 0) is 0 Å². The van der Waals surface area contributed by atoms with Gasteiger partial charge >= 0.3 is 18.9 Å². The Balaban J connectivity index is 0.00000147. The monoisotopic (exact) mass is 268 g/mol. The molecular formula is C14H17LiN2O3. The number of rotatable bonds is 3. The summed E-state index contributed by atoms with van der Waals surface area (Å²) in [6.07, 6.45) is 1.17. The van der Waals surface area contributed by atoms with Crippen molar-refractivity contribution in [3.8, 4) is 5.75 Å². The molecule has 0 radical (unpaired) electrons. The molecule has 0 N–H and O–H groups in total. The first kappa shape index (κ1) is 15.2. The van der Waals surface area contributed by atoms with Crippen molar-refractivity contribution in [1.29, 1.82) is 0 Å². The van der Waals surface area contributed by atoms with E-state index in [1.54, 1.807) is 19.2 Å². The summed E-state index contributed by atoms with van der Waals surface area (Å²) in [5.74, 6) is -0.565. The van der Waals surface area contributed by atoms with E-state index in [0.29, 0.717) is 17.8 Å². The zero-order valence-electron chi connectivity index (χ0n) is 12.1. The Morgan fingerprint density at radius 3 is 2.60 bits per heavy atom. The van der Waals surface area contributed by atoms with Gasteiger partial charge in [0.25, 0.3) is 0 Å². The maximum atomic E-state index is 10.9. The summed E-state index contributed by atoms with van der Waals surface area (Å²) in [5.41, 5.74) is 1.13. The van der Waals surface area contributed by atoms with Gasteiger partial charge in [-0.05, 0) is 25.6 Å². The number of anilines is 1. The van der Waals surface area contributed by atoms with Gasteiger partial charge in [0.15, 0.2) is 0 Å². The molecule has 0 aliphatic carbocycles. The number of carboxylic acid groups (broad SMARTS) is 1. The third kappa shape index (κ3) is 2.42. The Hall–Kier alpha value is -1.15. The van der Waals surface area contributed by atoms with Crippen LogP contribution < -0.4 is 33.6 Å². The molecule has 1 aromatic rings. The zero-order chi connectivity index (χ0) is 13.6. The van der Waals surface area contributed by atoms with Crippen LogP contribution in [0.15, 0.2) is 18.2 Å². The largest absolute Gasteiger partial charge is 1.00 e. The van der Waals surface area contributed by atoms with E-state index in [4.69, 9.17) is 4.74 Å². The fraction of sp³-hybridized carbons (Fsp3) is 0.500. The number of carbonyl (C=O) groups is 1. The number of ether oxygens (including phenoxy) is 1. The second kappa shape index (κ2) is 5.69. The molecule has 3 rings (SSSR count). The van der Waals surface area contributed by atoms with E-state index < -0.39 is 5.97 Å². The van der Waals surface area contributed by atoms with Crippen LogP contribution >= 0.6 is 0 Å². The molecule has 102 valence electrons. The van der Waals surface area contributed by atoms with Crippen LogP contribution in [0.3, 0.4) is 0 Å². The van der Waals surface area contributed by atoms with Crippen molar-refractivity contribution in [3.05, 3.63) is 23.8 Å². The fourth-order valence-electron chi connectivity index (χ4n) is 3.20. The number of fused-ring (bicyclic) bond motifs is 2. The van der Waals surface area contributed by atoms with Gasteiger partial charge in [0, 0.05) is 30.7 Å². The van der Waals surface area contributed by atoms with Crippen molar-refractivity contribution in [2.75, 3.05) is 32.1 Å². The average Bonchev–Trinajstić information content (AvgIpc) is 2.96. The van der Waals surface area contributed by atoms with Gasteiger partial charge in [-0.2, -0.15) is 0 Å². The third-order valence-corrected chi connectivity index (χ3v) is 4.24. The maximum Gasteiger partial charge on any atom is 1.00 e. The smallest absolute Gasteiger partial charge is 0.545 e. The molecule has 2 bridgehead atoms. The minimum absolute atomic E-state index is 0. The van der Waals surface area contributed by atoms with Gasteiger partial charge in [-0.3, -0.25) is 4.90 Å². The SMILES string of the molecule is COc1cc(C(=O)[O-])ccc1N1C[C@H]2C[C@@H]1CN2C.[Li+]. The van der Waals surface area contributed by atoms with Crippen molar-refractivity contribution < 1.29 is 33.5 Å². The van der Waals surface area contributed by atoms with Crippen molar-refractivity contribution in [3.63, 3.8) is 0 Å². The first-order valence-corrected chi connectivity index (χ1v) is 6.46. The first-order chi connectivity index (χ1) is 9.10. The first-order valence-electron chi connectivity index (χ1n) is 6.46. The van der Waals surface area contributed by atoms with Crippen LogP contribution in [0.5, 0.6) is 5.75 Å². The molecule has 0 saturated carbocycles. The summed E-state index contributed by atoms with van der Waals surface area (Å²) >= 11 is 0. The second-order valence-electron chi connectivity index (χ2n) is 5.31. The Kier molecular flexibility index (Phi) is 4.33. The number of hydrogen-bond acceptors (Lipinski definition) is 5. The van der Waals surface area contributed by atoms with Crippen LogP contribution in [0.4, 0.5) is 5.69 Å². The summed E-state index contributed by atoms with van der Waals surface area (Å²) in [5, 5.41) is 10.9. The van der Waals surface area contributed by atoms with Gasteiger partial charge in [-0.1, -0.05) is 6.07 Å². The topological polar surface area (TPSA) is 55.8 Å². The van der Waals surface area contributed by atoms with Gasteiger partial charge in [-0.15, -0.1) is 0 Å². The number of aromatic carboxylic acids is 1. The summed E-state index contributed by atoms with van der Waals surface area (Å²) < 4.78 is 5.34. The van der Waals surface area contributed by atoms with Crippen LogP contribution in [-0.4, -0.2) is 50.2 Å². The molecule has 2 aliphatic rings. The van der Waals surface area contributed by atoms with Gasteiger partial charge in [0.2, 0.25) is 0 Å². The molecule has 0 unspecified atom stereocenters. The molecule has 2 aliphatic heterocycles. The van der Waals surface area contributed by atoms with E-state index >= 15 is 0 Å². The maximum absolute atomic E-state index is 10.9. The van der Waals surface area contributed by atoms with Crippen LogP contribution in [0.25, 0.3) is 0 Å². The van der Waals surface area contributed by atoms with Crippen LogP contribution in [0.1, 0.15) is 16.8 Å². The van der Waals surface area contributed by atoms with Gasteiger partial charge < -0.3 is 19.5 Å². The number of nitrogens with zero attached hydrogens (tertiary/aromatic N) is 2. The Bertz CT molecular complexity index is 521. The molecule has 2 atom stereocenters. The molecule has 0 aromatic heterocycles. The number of piperazine rings is 1. The van der Waals surface area contributed by atoms with E-state index in [0.717, 1.165) is 18.8 Å². The number of likely N-dealkylation sites (N-methyl/N-ethyl adjacent to an activating group) is 1. The van der Waals surface area contributed by atoms with E-state index in [9.17, 15) is 9.90 Å². The summed E-state index contributed by atoms with van der Waals surface area (Å²) in [6.45, 7) is 2.03. The molecule has 6 heteroatoms. The number of hydrogen-bond donors (Lipinski definition) is 0. The average molecular weight is 268 g/mol. The molecule has 20 heavy (non-hydrogen) atoms. The minimum atomic E-state index is -1.17. The molecule has 5 nitrogen and oxygen atoms in total. The summed E-state index contributed by atoms with van der Waals surface area (Å²) in [7, 11) is 3.72. The van der Waals surface area contributed by atoms with Crippen LogP contribution in [0, 0.1) is 0 Å². The summed E-state index contributed by atoms with van der Waals surface area (Å²) in [4.78, 5) is 15.6. The van der Waals surface area contributed by atoms with Crippen molar-refractivity contribution >= 4 is 11.7 Å². The van der Waals surface area contributed by atoms with E-state index in [2.05, 4.69) is 16.8 Å². The predicted molar refractivity (Wildman–Crippen MR) is 69.5 cm³/mol. The van der Waals surface area contributed by atoms with Crippen molar-refractivity contribution in [2.45, 2.75) is 18.5 Å². The molecule has 0 spiro atoms. The molecule has 1 aromatic carbocycles. The normalized spacial score (nSPS) is 24.6. The minimum Gasteiger partial charge on any atom is -0.545 e. The molecular weight excluding hydrogens is 251 g/mol. The molecule has 2 fully saturated rings. The Labute approximate surface area is 130 Å². The van der Waals surface area contributed by atoms with Crippen molar-refractivity contribution in [1.82, 2.24) is 4.90 Å². The quantitative estimate of drug-likeness (QED) is 0.545. The molecule has 2 heterocycles. The zero-order valence-corrected chi connectivity index (χ0v) is 12.1. The Morgan fingerprint density at radius 2 is 2.10 bits per heavy atom. The van der Waals surface area contributed by atoms with Crippen LogP contribution in [0.2, 0.25) is 0 Å². The van der Waals surface area contributed by atoms with Crippen molar-refractivity contribution in [2.24, 2.45) is 0 Å². The fourth-order valence-corrected chi connectivity index (χ4v) is 3.20. The van der Waals surface area contributed by atoms with E-state index in [-0.39, 0.29) is 24.4 Å². The number of benzene rings is 1. The summed E-state index contributed by atoms with van der Waals surface area (Å²) in [6, 6.07) is 6.04. The molecule has 0 amide bonds. The number of carboxylic acids is 1. The second-order valence-corrected chi connectivity index (χ2v) is 5.31. The van der Waals surface area contributed by atoms with Gasteiger partial charge in [-0.25, -0.2) is 0 Å². The van der Waals surface area contributed by atoms with Gasteiger partial charge in [0.05, 0.1) is 18.8 Å². The Morgan fingerprint density at radius 1 is 1.35 bits per heavy atom. The van der Waals surface area contributed by atoms with E-state index in [1.807, 2.05) is 6.07 Å². The number of carbonyl (C=O) groups excluding carboxylic acids is 1. The number of methoxy groups -OCH3 is 1. The predicted octanol–water partition coefficient (Wildman–Crippen LogP) is -3.04. The third-order valence-electron chi connectivity index (χ3n) is 4.24. The van der Waals surface area contributed by atoms with Gasteiger partial charge in [0.1, 0.15) is 5.75 Å². The van der Waals surface area contributed by atoms with E-state index in [1.165, 1.54) is 6.42 Å². The number of likely N-dealkylation sites (tertiary alicyclic amines) is 1. The standard InChI is InChI=1S/C14H18N2O3.Li/c1-15-7-11-6-10(15)8-16(11)12-4-3-9(14(17)18)5-13(12)19-2;/h3-5,10-11H,6-8H2,1-2H3,(H,17,18);/q;+1/p-1/t10-,11-;/m1./s1.